The maximum atomic E-state index is 13.4. The molecule has 2 N–H and O–H groups in total. The second kappa shape index (κ2) is 9.65. The van der Waals surface area contributed by atoms with Crippen molar-refractivity contribution < 1.29 is 18.3 Å². The Kier molecular flexibility index (Phi) is 6.95. The minimum absolute atomic E-state index is 0.0338. The molecule has 0 aliphatic carbocycles. The van der Waals surface area contributed by atoms with E-state index < -0.39 is 22.5 Å². The number of benzene rings is 3. The highest BCUT2D eigenvalue weighted by molar-refractivity contribution is 7.92. The average molecular weight is 452 g/mol. The SMILES string of the molecule is C/C(=N/NC(=O)CN(c1ccccc1C)S(=O)(=O)c1ccc(C)cc1)c1ccccc1O. The summed E-state index contributed by atoms with van der Waals surface area (Å²) in [6.07, 6.45) is 0. The molecule has 0 saturated carbocycles. The number of nitrogens with zero attached hydrogens (tertiary/aromatic N) is 2. The third kappa shape index (κ3) is 5.15. The quantitative estimate of drug-likeness (QED) is 0.422. The number of sulfonamides is 1. The van der Waals surface area contributed by atoms with E-state index in [4.69, 9.17) is 0 Å². The third-order valence-electron chi connectivity index (χ3n) is 4.92. The van der Waals surface area contributed by atoms with Crippen molar-refractivity contribution in [3.05, 3.63) is 89.5 Å². The van der Waals surface area contributed by atoms with Gasteiger partial charge in [-0.15, -0.1) is 0 Å². The summed E-state index contributed by atoms with van der Waals surface area (Å²) in [7, 11) is -4.00. The number of hydrogen-bond donors (Lipinski definition) is 2. The first kappa shape index (κ1) is 23.0. The molecule has 1 amide bonds. The largest absolute Gasteiger partial charge is 0.507 e. The number of carbonyl (C=O) groups excluding carboxylic acids is 1. The molecule has 8 heteroatoms. The number of phenolic OH excluding ortho intramolecular Hbond substituents is 1. The van der Waals surface area contributed by atoms with Gasteiger partial charge in [-0.2, -0.15) is 5.10 Å². The van der Waals surface area contributed by atoms with Gasteiger partial charge < -0.3 is 5.11 Å². The standard InChI is InChI=1S/C24H25N3O4S/c1-17-12-14-20(15-13-17)32(30,31)27(22-10-6-4-8-18(22)2)16-24(29)26-25-19(3)21-9-5-7-11-23(21)28/h4-15,28H,16H2,1-3H3,(H,26,29)/b25-19-. The number of aromatic hydroxyl groups is 1. The van der Waals surface area contributed by atoms with Gasteiger partial charge in [-0.25, -0.2) is 13.8 Å². The van der Waals surface area contributed by atoms with Crippen molar-refractivity contribution in [2.45, 2.75) is 25.7 Å². The molecule has 7 nitrogen and oxygen atoms in total. The maximum Gasteiger partial charge on any atom is 0.264 e. The fourth-order valence-corrected chi connectivity index (χ4v) is 4.62. The Labute approximate surface area is 188 Å². The van der Waals surface area contributed by atoms with Gasteiger partial charge in [-0.3, -0.25) is 9.10 Å². The predicted octanol–water partition coefficient (Wildman–Crippen LogP) is 3.74. The van der Waals surface area contributed by atoms with Gasteiger partial charge >= 0.3 is 0 Å². The Morgan fingerprint density at radius 1 is 0.969 bits per heavy atom. The Bertz CT molecular complexity index is 1250. The summed E-state index contributed by atoms with van der Waals surface area (Å²) < 4.78 is 27.9. The molecule has 0 aromatic heterocycles. The van der Waals surface area contributed by atoms with Crippen LogP contribution in [0.4, 0.5) is 5.69 Å². The minimum atomic E-state index is -4.00. The number of carbonyl (C=O) groups is 1. The molecular weight excluding hydrogens is 426 g/mol. The lowest BCUT2D eigenvalue weighted by Crippen LogP contribution is -2.40. The van der Waals surface area contributed by atoms with Crippen LogP contribution >= 0.6 is 0 Å². The molecule has 0 unspecified atom stereocenters. The summed E-state index contributed by atoms with van der Waals surface area (Å²) in [6.45, 7) is 4.83. The number of anilines is 1. The number of hydrogen-bond acceptors (Lipinski definition) is 5. The Morgan fingerprint density at radius 2 is 1.59 bits per heavy atom. The smallest absolute Gasteiger partial charge is 0.264 e. The molecule has 0 bridgehead atoms. The first-order valence-electron chi connectivity index (χ1n) is 9.96. The van der Waals surface area contributed by atoms with Crippen LogP contribution in [0, 0.1) is 13.8 Å². The van der Waals surface area contributed by atoms with Crippen LogP contribution in [0.2, 0.25) is 0 Å². The van der Waals surface area contributed by atoms with Crippen LogP contribution in [-0.4, -0.2) is 31.7 Å². The minimum Gasteiger partial charge on any atom is -0.507 e. The predicted molar refractivity (Wildman–Crippen MR) is 125 cm³/mol. The molecule has 0 heterocycles. The molecule has 32 heavy (non-hydrogen) atoms. The fourth-order valence-electron chi connectivity index (χ4n) is 3.13. The van der Waals surface area contributed by atoms with E-state index in [1.54, 1.807) is 68.4 Å². The number of hydrazone groups is 1. The summed E-state index contributed by atoms with van der Waals surface area (Å²) in [5.41, 5.74) is 5.30. The molecule has 3 aromatic rings. The number of amides is 1. The van der Waals surface area contributed by atoms with Crippen molar-refractivity contribution >= 4 is 27.3 Å². The van der Waals surface area contributed by atoms with E-state index in [0.717, 1.165) is 9.87 Å². The van der Waals surface area contributed by atoms with Gasteiger partial charge in [-0.05, 0) is 56.7 Å². The molecule has 0 radical (unpaired) electrons. The van der Waals surface area contributed by atoms with Gasteiger partial charge in [0.15, 0.2) is 0 Å². The van der Waals surface area contributed by atoms with E-state index in [0.29, 0.717) is 22.5 Å². The number of aryl methyl sites for hydroxylation is 2. The molecule has 0 saturated heterocycles. The lowest BCUT2D eigenvalue weighted by molar-refractivity contribution is -0.119. The van der Waals surface area contributed by atoms with Gasteiger partial charge in [0.05, 0.1) is 16.3 Å². The summed E-state index contributed by atoms with van der Waals surface area (Å²) in [4.78, 5) is 12.8. The van der Waals surface area contributed by atoms with Crippen LogP contribution in [0.5, 0.6) is 5.75 Å². The summed E-state index contributed by atoms with van der Waals surface area (Å²) in [5.74, 6) is -0.579. The second-order valence-electron chi connectivity index (χ2n) is 7.36. The number of rotatable bonds is 7. The zero-order valence-corrected chi connectivity index (χ0v) is 18.9. The van der Waals surface area contributed by atoms with Gasteiger partial charge in [0.25, 0.3) is 15.9 Å². The van der Waals surface area contributed by atoms with Crippen molar-refractivity contribution in [3.63, 3.8) is 0 Å². The molecule has 0 aliphatic heterocycles. The van der Waals surface area contributed by atoms with Gasteiger partial charge in [0.1, 0.15) is 12.3 Å². The normalized spacial score (nSPS) is 11.8. The van der Waals surface area contributed by atoms with E-state index >= 15 is 0 Å². The molecule has 0 atom stereocenters. The van der Waals surface area contributed by atoms with Crippen molar-refractivity contribution in [3.8, 4) is 5.75 Å². The molecule has 3 aromatic carbocycles. The molecule has 0 aliphatic rings. The third-order valence-corrected chi connectivity index (χ3v) is 6.70. The number of nitrogens with one attached hydrogen (secondary N) is 1. The van der Waals surface area contributed by atoms with Crippen LogP contribution in [0.15, 0.2) is 82.8 Å². The zero-order chi connectivity index (χ0) is 23.3. The lowest BCUT2D eigenvalue weighted by atomic mass is 10.1. The van der Waals surface area contributed by atoms with E-state index in [1.807, 2.05) is 6.92 Å². The molecule has 0 spiro atoms. The molecule has 166 valence electrons. The maximum absolute atomic E-state index is 13.4. The first-order chi connectivity index (χ1) is 15.2. The van der Waals surface area contributed by atoms with Crippen molar-refractivity contribution in [1.29, 1.82) is 0 Å². The first-order valence-corrected chi connectivity index (χ1v) is 11.4. The average Bonchev–Trinajstić information content (AvgIpc) is 2.77. The number of para-hydroxylation sites is 2. The fraction of sp³-hybridized carbons (Fsp3) is 0.167. The molecular formula is C24H25N3O4S. The Hall–Kier alpha value is -3.65. The van der Waals surface area contributed by atoms with E-state index in [1.165, 1.54) is 18.2 Å². The monoisotopic (exact) mass is 451 g/mol. The highest BCUT2D eigenvalue weighted by atomic mass is 32.2. The van der Waals surface area contributed by atoms with Gasteiger partial charge in [0.2, 0.25) is 0 Å². The highest BCUT2D eigenvalue weighted by Crippen LogP contribution is 2.26. The molecule has 3 rings (SSSR count). The van der Waals surface area contributed by atoms with Crippen LogP contribution < -0.4 is 9.73 Å². The summed E-state index contributed by atoms with van der Waals surface area (Å²) >= 11 is 0. The van der Waals surface area contributed by atoms with Crippen molar-refractivity contribution in [2.75, 3.05) is 10.8 Å². The van der Waals surface area contributed by atoms with Gasteiger partial charge in [0, 0.05) is 5.56 Å². The van der Waals surface area contributed by atoms with Crippen molar-refractivity contribution in [1.82, 2.24) is 5.43 Å². The summed E-state index contributed by atoms with van der Waals surface area (Å²) in [6, 6.07) is 20.0. The topological polar surface area (TPSA) is 99.1 Å². The van der Waals surface area contributed by atoms with E-state index in [2.05, 4.69) is 10.5 Å². The van der Waals surface area contributed by atoms with E-state index in [-0.39, 0.29) is 10.6 Å². The Balaban J connectivity index is 1.90. The van der Waals surface area contributed by atoms with E-state index in [9.17, 15) is 18.3 Å². The van der Waals surface area contributed by atoms with Crippen LogP contribution in [-0.2, 0) is 14.8 Å². The van der Waals surface area contributed by atoms with Crippen LogP contribution in [0.1, 0.15) is 23.6 Å². The van der Waals surface area contributed by atoms with Crippen molar-refractivity contribution in [2.24, 2.45) is 5.10 Å². The molecule has 0 fully saturated rings. The highest BCUT2D eigenvalue weighted by Gasteiger charge is 2.28. The lowest BCUT2D eigenvalue weighted by Gasteiger charge is -2.25. The number of phenols is 1. The van der Waals surface area contributed by atoms with Gasteiger partial charge in [-0.1, -0.05) is 48.0 Å². The summed E-state index contributed by atoms with van der Waals surface area (Å²) in [5, 5.41) is 14.0. The van der Waals surface area contributed by atoms with Crippen LogP contribution in [0.3, 0.4) is 0 Å². The van der Waals surface area contributed by atoms with Crippen LogP contribution in [0.25, 0.3) is 0 Å². The zero-order valence-electron chi connectivity index (χ0n) is 18.1. The second-order valence-corrected chi connectivity index (χ2v) is 9.22. The Morgan fingerprint density at radius 3 is 2.25 bits per heavy atom.